The van der Waals surface area contributed by atoms with Crippen molar-refractivity contribution in [3.05, 3.63) is 83.3 Å². The number of hydrogen-bond donors (Lipinski definition) is 0. The van der Waals surface area contributed by atoms with Crippen LogP contribution in [0.15, 0.2) is 75.8 Å². The molecule has 0 bridgehead atoms. The number of nitrogens with zero attached hydrogens (tertiary/aromatic N) is 4. The van der Waals surface area contributed by atoms with E-state index < -0.39 is 5.78 Å². The van der Waals surface area contributed by atoms with Gasteiger partial charge in [0.2, 0.25) is 5.78 Å². The Labute approximate surface area is 194 Å². The average Bonchev–Trinajstić information content (AvgIpc) is 3.14. The maximum absolute atomic E-state index is 12.7. The van der Waals surface area contributed by atoms with Crippen LogP contribution in [-0.4, -0.2) is 28.2 Å². The largest absolute Gasteiger partial charge is 0.361 e. The number of amidine groups is 1. The van der Waals surface area contributed by atoms with Gasteiger partial charge >= 0.3 is 0 Å². The highest BCUT2D eigenvalue weighted by atomic mass is 19.1. The number of nitriles is 1. The minimum atomic E-state index is -0.421. The Bertz CT molecular complexity index is 1070. The predicted octanol–water partition coefficient (Wildman–Crippen LogP) is 6.06. The molecule has 0 radical (unpaired) electrons. The lowest BCUT2D eigenvalue weighted by atomic mass is 10.0. The summed E-state index contributed by atoms with van der Waals surface area (Å²) in [7, 11) is 0. The molecule has 0 saturated carbocycles. The van der Waals surface area contributed by atoms with E-state index in [-0.39, 0.29) is 6.42 Å². The van der Waals surface area contributed by atoms with Gasteiger partial charge in [0.05, 0.1) is 24.3 Å². The van der Waals surface area contributed by atoms with Crippen LogP contribution >= 0.6 is 0 Å². The molecule has 0 aliphatic carbocycles. The Morgan fingerprint density at radius 1 is 1.30 bits per heavy atom. The molecule has 0 aromatic carbocycles. The summed E-state index contributed by atoms with van der Waals surface area (Å²) >= 11 is 0. The van der Waals surface area contributed by atoms with Crippen LogP contribution in [0.4, 0.5) is 4.39 Å². The van der Waals surface area contributed by atoms with Gasteiger partial charge in [-0.3, -0.25) is 4.79 Å². The van der Waals surface area contributed by atoms with E-state index in [1.54, 1.807) is 18.2 Å². The molecule has 0 atom stereocenters. The number of allylic oxidation sites excluding steroid dienone is 5. The topological polar surface area (TPSA) is 82.5 Å². The number of aromatic nitrogens is 1. The molecule has 0 saturated heterocycles. The van der Waals surface area contributed by atoms with Crippen LogP contribution in [0.25, 0.3) is 6.08 Å². The smallest absolute Gasteiger partial charge is 0.231 e. The molecule has 2 rings (SSSR count). The zero-order valence-electron chi connectivity index (χ0n) is 19.3. The second-order valence-electron chi connectivity index (χ2n) is 7.45. The van der Waals surface area contributed by atoms with Crippen molar-refractivity contribution < 1.29 is 13.7 Å². The molecule has 6 nitrogen and oxygen atoms in total. The summed E-state index contributed by atoms with van der Waals surface area (Å²) in [5.74, 6) is 1.09. The first-order valence-corrected chi connectivity index (χ1v) is 10.8. The van der Waals surface area contributed by atoms with Crippen molar-refractivity contribution in [2.45, 2.75) is 46.5 Å². The van der Waals surface area contributed by atoms with Gasteiger partial charge in [0, 0.05) is 24.1 Å². The number of halogens is 1. The van der Waals surface area contributed by atoms with E-state index in [2.05, 4.69) is 11.7 Å². The number of aliphatic imine (C=N–C) groups is 1. The zero-order valence-corrected chi connectivity index (χ0v) is 19.3. The molecule has 0 N–H and O–H groups in total. The maximum atomic E-state index is 12.7. The van der Waals surface area contributed by atoms with Crippen molar-refractivity contribution in [3.8, 4) is 6.07 Å². The molecular formula is C26H29FN4O2. The molecule has 0 fully saturated rings. The SMILES string of the molecule is C=C/C(=C\C=C\F)N1CC(/C=C\C)=C(/C=C/c2c(C)noc2C)N=C1CCCCC(=O)C#N. The van der Waals surface area contributed by atoms with Gasteiger partial charge in [0.25, 0.3) is 0 Å². The first-order valence-electron chi connectivity index (χ1n) is 10.8. The molecule has 7 heteroatoms. The van der Waals surface area contributed by atoms with Crippen molar-refractivity contribution in [2.24, 2.45) is 4.99 Å². The minimum Gasteiger partial charge on any atom is -0.361 e. The standard InChI is InChI=1S/C26H29FN4O2/c1-5-10-21-18-31(22(6-2)11-9-16-27)26(13-8-7-12-23(32)17-28)29-25(21)15-14-24-19(3)30-33-20(24)4/h5-6,9-11,14-16H,2,7-8,12-13,18H2,1,3-4H3/b10-5-,15-14+,16-9+,22-11+. The van der Waals surface area contributed by atoms with E-state index >= 15 is 0 Å². The second-order valence-corrected chi connectivity index (χ2v) is 7.45. The zero-order chi connectivity index (χ0) is 24.2. The summed E-state index contributed by atoms with van der Waals surface area (Å²) in [6.45, 7) is 10.1. The molecule has 0 amide bonds. The molecule has 1 aliphatic rings. The Kier molecular flexibility index (Phi) is 9.97. The van der Waals surface area contributed by atoms with Crippen LogP contribution in [0.1, 0.15) is 49.6 Å². The number of unbranched alkanes of at least 4 members (excludes halogenated alkanes) is 1. The second kappa shape index (κ2) is 12.9. The highest BCUT2D eigenvalue weighted by Gasteiger charge is 2.21. The van der Waals surface area contributed by atoms with Gasteiger partial charge in [0.1, 0.15) is 17.7 Å². The van der Waals surface area contributed by atoms with Gasteiger partial charge < -0.3 is 9.42 Å². The lowest BCUT2D eigenvalue weighted by Gasteiger charge is -2.31. The molecule has 0 unspecified atom stereocenters. The van der Waals surface area contributed by atoms with Gasteiger partial charge in [-0.15, -0.1) is 0 Å². The van der Waals surface area contributed by atoms with Crippen LogP contribution in [0, 0.1) is 25.2 Å². The van der Waals surface area contributed by atoms with E-state index in [0.717, 1.165) is 34.1 Å². The number of ketones is 1. The van der Waals surface area contributed by atoms with Crippen molar-refractivity contribution in [1.29, 1.82) is 5.26 Å². The maximum Gasteiger partial charge on any atom is 0.231 e. The lowest BCUT2D eigenvalue weighted by molar-refractivity contribution is -0.114. The molecule has 33 heavy (non-hydrogen) atoms. The fourth-order valence-corrected chi connectivity index (χ4v) is 3.45. The summed E-state index contributed by atoms with van der Waals surface area (Å²) in [5, 5.41) is 12.7. The van der Waals surface area contributed by atoms with E-state index in [1.807, 2.05) is 50.0 Å². The molecular weight excluding hydrogens is 419 g/mol. The summed E-state index contributed by atoms with van der Waals surface area (Å²) in [6.07, 6.45) is 15.0. The summed E-state index contributed by atoms with van der Waals surface area (Å²) < 4.78 is 17.9. The summed E-state index contributed by atoms with van der Waals surface area (Å²) in [5.41, 5.74) is 4.22. The van der Waals surface area contributed by atoms with Crippen molar-refractivity contribution in [2.75, 3.05) is 6.54 Å². The van der Waals surface area contributed by atoms with E-state index in [9.17, 15) is 9.18 Å². The highest BCUT2D eigenvalue weighted by Crippen LogP contribution is 2.26. The Morgan fingerprint density at radius 2 is 2.09 bits per heavy atom. The van der Waals surface area contributed by atoms with Gasteiger partial charge in [-0.25, -0.2) is 9.38 Å². The molecule has 1 aromatic rings. The van der Waals surface area contributed by atoms with Crippen LogP contribution in [0.3, 0.4) is 0 Å². The Hall–Kier alpha value is -3.79. The lowest BCUT2D eigenvalue weighted by Crippen LogP contribution is -2.34. The predicted molar refractivity (Wildman–Crippen MR) is 129 cm³/mol. The minimum absolute atomic E-state index is 0.219. The van der Waals surface area contributed by atoms with Gasteiger partial charge in [-0.05, 0) is 69.6 Å². The van der Waals surface area contributed by atoms with Crippen LogP contribution in [0.5, 0.6) is 0 Å². The first kappa shape index (κ1) is 25.5. The van der Waals surface area contributed by atoms with Crippen LogP contribution in [-0.2, 0) is 4.79 Å². The highest BCUT2D eigenvalue weighted by molar-refractivity contribution is 5.93. The van der Waals surface area contributed by atoms with Crippen LogP contribution in [0.2, 0.25) is 0 Å². The number of carbonyl (C=O) groups is 1. The monoisotopic (exact) mass is 448 g/mol. The number of hydrogen-bond acceptors (Lipinski definition) is 6. The quantitative estimate of drug-likeness (QED) is 0.234. The number of carbonyl (C=O) groups excluding carboxylic acids is 1. The molecule has 1 aliphatic heterocycles. The van der Waals surface area contributed by atoms with Gasteiger partial charge in [0.15, 0.2) is 0 Å². The van der Waals surface area contributed by atoms with E-state index in [0.29, 0.717) is 37.8 Å². The third-order valence-electron chi connectivity index (χ3n) is 5.12. The summed E-state index contributed by atoms with van der Waals surface area (Å²) in [4.78, 5) is 18.2. The fraction of sp³-hybridized carbons (Fsp3) is 0.308. The third kappa shape index (κ3) is 7.11. The van der Waals surface area contributed by atoms with Crippen molar-refractivity contribution in [1.82, 2.24) is 10.1 Å². The Balaban J connectivity index is 2.42. The Morgan fingerprint density at radius 3 is 2.70 bits per heavy atom. The van der Waals surface area contributed by atoms with Gasteiger partial charge in [-0.2, -0.15) is 5.26 Å². The summed E-state index contributed by atoms with van der Waals surface area (Å²) in [6, 6.07) is 1.65. The average molecular weight is 449 g/mol. The number of aryl methyl sites for hydroxylation is 2. The first-order chi connectivity index (χ1) is 15.9. The normalized spacial score (nSPS) is 15.1. The van der Waals surface area contributed by atoms with E-state index in [1.165, 1.54) is 6.08 Å². The fourth-order valence-electron chi connectivity index (χ4n) is 3.45. The molecule has 172 valence electrons. The van der Waals surface area contributed by atoms with Crippen molar-refractivity contribution in [3.63, 3.8) is 0 Å². The molecule has 1 aromatic heterocycles. The van der Waals surface area contributed by atoms with Gasteiger partial charge in [-0.1, -0.05) is 23.9 Å². The number of Topliss-reactive ketones (excluding diaryl/α,β-unsaturated/α-hetero) is 1. The molecule has 0 spiro atoms. The number of rotatable bonds is 11. The van der Waals surface area contributed by atoms with E-state index in [4.69, 9.17) is 14.8 Å². The molecule has 2 heterocycles. The van der Waals surface area contributed by atoms with Crippen molar-refractivity contribution >= 4 is 17.7 Å². The third-order valence-corrected chi connectivity index (χ3v) is 5.12. The van der Waals surface area contributed by atoms with Crippen LogP contribution < -0.4 is 0 Å².